The molecule has 0 bridgehead atoms. The van der Waals surface area contributed by atoms with Crippen molar-refractivity contribution in [2.45, 2.75) is 39.5 Å². The van der Waals surface area contributed by atoms with Gasteiger partial charge in [0.25, 0.3) is 5.91 Å². The molecule has 0 atom stereocenters. The number of carbonyl (C=O) groups excluding carboxylic acids is 1. The van der Waals surface area contributed by atoms with Crippen LogP contribution in [-0.4, -0.2) is 19.0 Å². The largest absolute Gasteiger partial charge is 0.385 e. The van der Waals surface area contributed by atoms with Crippen molar-refractivity contribution < 1.29 is 4.79 Å². The van der Waals surface area contributed by atoms with Crippen LogP contribution in [0.15, 0.2) is 24.3 Å². The lowest BCUT2D eigenvalue weighted by atomic mass is 9.83. The van der Waals surface area contributed by atoms with Gasteiger partial charge in [-0.2, -0.15) is 0 Å². The summed E-state index contributed by atoms with van der Waals surface area (Å²) in [6.07, 6.45) is 5.35. The van der Waals surface area contributed by atoms with Crippen LogP contribution in [0.5, 0.6) is 0 Å². The van der Waals surface area contributed by atoms with Gasteiger partial charge in [-0.3, -0.25) is 4.79 Å². The molecule has 0 saturated heterocycles. The smallest absolute Gasteiger partial charge is 0.251 e. The van der Waals surface area contributed by atoms with Crippen LogP contribution in [-0.2, 0) is 0 Å². The van der Waals surface area contributed by atoms with Crippen molar-refractivity contribution >= 4 is 11.6 Å². The van der Waals surface area contributed by atoms with Crippen LogP contribution in [0.2, 0.25) is 0 Å². The second-order valence-corrected chi connectivity index (χ2v) is 5.95. The van der Waals surface area contributed by atoms with Crippen LogP contribution in [0.4, 0.5) is 5.69 Å². The molecule has 0 unspecified atom stereocenters. The molecule has 110 valence electrons. The number of carbonyl (C=O) groups is 1. The Morgan fingerprint density at radius 1 is 1.25 bits per heavy atom. The van der Waals surface area contributed by atoms with Crippen LogP contribution >= 0.6 is 0 Å². The number of hydrogen-bond donors (Lipinski definition) is 2. The van der Waals surface area contributed by atoms with Gasteiger partial charge in [0.1, 0.15) is 0 Å². The van der Waals surface area contributed by atoms with E-state index in [1.807, 2.05) is 31.2 Å². The first-order chi connectivity index (χ1) is 9.69. The highest BCUT2D eigenvalue weighted by molar-refractivity contribution is 5.95. The number of nitrogens with one attached hydrogen (secondary N) is 2. The van der Waals surface area contributed by atoms with E-state index >= 15 is 0 Å². The van der Waals surface area contributed by atoms with Crippen molar-refractivity contribution in [1.82, 2.24) is 5.32 Å². The van der Waals surface area contributed by atoms with Gasteiger partial charge < -0.3 is 10.6 Å². The van der Waals surface area contributed by atoms with Gasteiger partial charge in [-0.25, -0.2) is 0 Å². The summed E-state index contributed by atoms with van der Waals surface area (Å²) in [5.74, 6) is 1.68. The summed E-state index contributed by atoms with van der Waals surface area (Å²) in [5.41, 5.74) is 1.78. The van der Waals surface area contributed by atoms with Crippen LogP contribution in [0.3, 0.4) is 0 Å². The fourth-order valence-electron chi connectivity index (χ4n) is 2.83. The van der Waals surface area contributed by atoms with Crippen molar-refractivity contribution in [2.24, 2.45) is 11.8 Å². The highest BCUT2D eigenvalue weighted by Gasteiger charge is 2.17. The van der Waals surface area contributed by atoms with E-state index in [4.69, 9.17) is 0 Å². The Morgan fingerprint density at radius 3 is 2.70 bits per heavy atom. The fourth-order valence-corrected chi connectivity index (χ4v) is 2.83. The lowest BCUT2D eigenvalue weighted by Crippen LogP contribution is -2.23. The van der Waals surface area contributed by atoms with Gasteiger partial charge in [0.2, 0.25) is 0 Å². The molecule has 0 radical (unpaired) electrons. The normalized spacial score (nSPS) is 22.3. The molecule has 2 rings (SSSR count). The monoisotopic (exact) mass is 274 g/mol. The van der Waals surface area contributed by atoms with Crippen LogP contribution < -0.4 is 10.6 Å². The zero-order valence-corrected chi connectivity index (χ0v) is 12.6. The molecule has 1 saturated carbocycles. The summed E-state index contributed by atoms with van der Waals surface area (Å²) in [7, 11) is 0. The number of hydrogen-bond acceptors (Lipinski definition) is 2. The van der Waals surface area contributed by atoms with Gasteiger partial charge in [0, 0.05) is 24.3 Å². The van der Waals surface area contributed by atoms with Gasteiger partial charge >= 0.3 is 0 Å². The van der Waals surface area contributed by atoms with Crippen molar-refractivity contribution in [3.63, 3.8) is 0 Å². The van der Waals surface area contributed by atoms with Crippen LogP contribution in [0.25, 0.3) is 0 Å². The molecule has 3 heteroatoms. The molecule has 0 aliphatic heterocycles. The highest BCUT2D eigenvalue weighted by Crippen LogP contribution is 2.28. The van der Waals surface area contributed by atoms with Gasteiger partial charge in [0.15, 0.2) is 0 Å². The first-order valence-corrected chi connectivity index (χ1v) is 7.81. The molecular formula is C17H26N2O. The van der Waals surface area contributed by atoms with Crippen molar-refractivity contribution in [3.8, 4) is 0 Å². The fraction of sp³-hybridized carbons (Fsp3) is 0.588. The average molecular weight is 274 g/mol. The zero-order valence-electron chi connectivity index (χ0n) is 12.6. The maximum Gasteiger partial charge on any atom is 0.251 e. The van der Waals surface area contributed by atoms with E-state index in [1.165, 1.54) is 25.7 Å². The molecule has 1 aromatic carbocycles. The number of amides is 1. The van der Waals surface area contributed by atoms with E-state index in [9.17, 15) is 4.79 Å². The summed E-state index contributed by atoms with van der Waals surface area (Å²) in [5, 5.41) is 6.32. The number of benzene rings is 1. The number of rotatable bonds is 5. The maximum atomic E-state index is 11.8. The third-order valence-corrected chi connectivity index (χ3v) is 4.19. The lowest BCUT2D eigenvalue weighted by Gasteiger charge is -2.26. The van der Waals surface area contributed by atoms with Crippen LogP contribution in [0.1, 0.15) is 49.9 Å². The lowest BCUT2D eigenvalue weighted by molar-refractivity contribution is 0.0956. The van der Waals surface area contributed by atoms with E-state index in [2.05, 4.69) is 17.6 Å². The standard InChI is InChI=1S/C17H26N2O/c1-3-18-17(20)15-5-4-6-16(11-15)19-12-14-9-7-13(2)8-10-14/h4-6,11,13-14,19H,3,7-10,12H2,1-2H3,(H,18,20). The Balaban J connectivity index is 1.86. The molecule has 0 aromatic heterocycles. The summed E-state index contributed by atoms with van der Waals surface area (Å²) in [6.45, 7) is 5.96. The average Bonchev–Trinajstić information content (AvgIpc) is 2.47. The summed E-state index contributed by atoms with van der Waals surface area (Å²) in [4.78, 5) is 11.8. The molecule has 1 aliphatic carbocycles. The minimum Gasteiger partial charge on any atom is -0.385 e. The molecule has 20 heavy (non-hydrogen) atoms. The Hall–Kier alpha value is -1.51. The van der Waals surface area contributed by atoms with E-state index in [0.717, 1.165) is 29.6 Å². The van der Waals surface area contributed by atoms with E-state index < -0.39 is 0 Å². The van der Waals surface area contributed by atoms with Gasteiger partial charge in [-0.05, 0) is 49.8 Å². The van der Waals surface area contributed by atoms with E-state index in [0.29, 0.717) is 6.54 Å². The molecule has 1 fully saturated rings. The minimum absolute atomic E-state index is 0.00245. The second-order valence-electron chi connectivity index (χ2n) is 5.95. The summed E-state index contributed by atoms with van der Waals surface area (Å²) in [6, 6.07) is 7.78. The molecule has 2 N–H and O–H groups in total. The topological polar surface area (TPSA) is 41.1 Å². The van der Waals surface area contributed by atoms with E-state index in [1.54, 1.807) is 0 Å². The van der Waals surface area contributed by atoms with Crippen molar-refractivity contribution in [3.05, 3.63) is 29.8 Å². The van der Waals surface area contributed by atoms with E-state index in [-0.39, 0.29) is 5.91 Å². The first kappa shape index (κ1) is 14.9. The third-order valence-electron chi connectivity index (χ3n) is 4.19. The maximum absolute atomic E-state index is 11.8. The van der Waals surface area contributed by atoms with Gasteiger partial charge in [0.05, 0.1) is 0 Å². The van der Waals surface area contributed by atoms with Crippen LogP contribution in [0, 0.1) is 11.8 Å². The second kappa shape index (κ2) is 7.32. The summed E-state index contributed by atoms with van der Waals surface area (Å²) < 4.78 is 0. The minimum atomic E-state index is 0.00245. The van der Waals surface area contributed by atoms with Crippen molar-refractivity contribution in [2.75, 3.05) is 18.4 Å². The SMILES string of the molecule is CCNC(=O)c1cccc(NCC2CCC(C)CC2)c1. The zero-order chi connectivity index (χ0) is 14.4. The molecule has 0 heterocycles. The number of anilines is 1. The Labute approximate surface area is 122 Å². The molecule has 1 aliphatic rings. The van der Waals surface area contributed by atoms with Gasteiger partial charge in [-0.1, -0.05) is 25.8 Å². The molecule has 0 spiro atoms. The third kappa shape index (κ3) is 4.26. The molecule has 3 nitrogen and oxygen atoms in total. The predicted octanol–water partition coefficient (Wildman–Crippen LogP) is 3.67. The molecular weight excluding hydrogens is 248 g/mol. The van der Waals surface area contributed by atoms with Crippen molar-refractivity contribution in [1.29, 1.82) is 0 Å². The Kier molecular flexibility index (Phi) is 5.45. The molecule has 1 aromatic rings. The Morgan fingerprint density at radius 2 is 2.00 bits per heavy atom. The van der Waals surface area contributed by atoms with Gasteiger partial charge in [-0.15, -0.1) is 0 Å². The highest BCUT2D eigenvalue weighted by atomic mass is 16.1. The molecule has 1 amide bonds. The Bertz CT molecular complexity index is 436. The first-order valence-electron chi connectivity index (χ1n) is 7.81. The predicted molar refractivity (Wildman–Crippen MR) is 84.1 cm³/mol. The summed E-state index contributed by atoms with van der Waals surface area (Å²) >= 11 is 0. The quantitative estimate of drug-likeness (QED) is 0.860.